The minimum atomic E-state index is -1.37. The highest BCUT2D eigenvalue weighted by Crippen LogP contribution is 2.26. The second kappa shape index (κ2) is 7.02. The number of benzene rings is 2. The molecule has 0 heterocycles. The van der Waals surface area contributed by atoms with Crippen molar-refractivity contribution < 1.29 is 10.2 Å². The van der Waals surface area contributed by atoms with Gasteiger partial charge in [0, 0.05) is 35.7 Å². The molecule has 0 radical (unpaired) electrons. The van der Waals surface area contributed by atoms with Gasteiger partial charge in [-0.25, -0.2) is 0 Å². The zero-order chi connectivity index (χ0) is 16.1. The number of hydrogen-bond donors (Lipinski definition) is 6. The molecule has 0 aromatic heterocycles. The number of nitrogens with two attached hydrogens (primary N) is 3. The van der Waals surface area contributed by atoms with E-state index in [2.05, 4.69) is 5.32 Å². The number of aliphatic hydroxyl groups is 2. The largest absolute Gasteiger partial charge is 0.399 e. The first-order valence-electron chi connectivity index (χ1n) is 7.08. The molecular formula is C16H22N4O2. The maximum Gasteiger partial charge on any atom is 0.151 e. The Hall–Kier alpha value is -2.44. The molecule has 0 aliphatic heterocycles. The van der Waals surface area contributed by atoms with Gasteiger partial charge in [0.25, 0.3) is 0 Å². The van der Waals surface area contributed by atoms with Crippen LogP contribution in [0.15, 0.2) is 36.4 Å². The van der Waals surface area contributed by atoms with Crippen LogP contribution in [-0.2, 0) is 13.0 Å². The van der Waals surface area contributed by atoms with Gasteiger partial charge < -0.3 is 32.7 Å². The molecule has 118 valence electrons. The first-order valence-corrected chi connectivity index (χ1v) is 7.08. The lowest BCUT2D eigenvalue weighted by Crippen LogP contribution is -2.12. The summed E-state index contributed by atoms with van der Waals surface area (Å²) < 4.78 is 0. The number of aliphatic hydroxyl groups excluding tert-OH is 1. The van der Waals surface area contributed by atoms with Crippen molar-refractivity contribution in [1.82, 2.24) is 0 Å². The monoisotopic (exact) mass is 302 g/mol. The first-order chi connectivity index (χ1) is 10.5. The van der Waals surface area contributed by atoms with Crippen molar-refractivity contribution in [3.63, 3.8) is 0 Å². The summed E-state index contributed by atoms with van der Waals surface area (Å²) in [4.78, 5) is 0. The van der Waals surface area contributed by atoms with Gasteiger partial charge in [-0.3, -0.25) is 0 Å². The number of anilines is 4. The van der Waals surface area contributed by atoms with E-state index in [0.717, 1.165) is 16.8 Å². The Morgan fingerprint density at radius 3 is 2.27 bits per heavy atom. The van der Waals surface area contributed by atoms with Crippen molar-refractivity contribution in [1.29, 1.82) is 0 Å². The Bertz CT molecular complexity index is 644. The van der Waals surface area contributed by atoms with Gasteiger partial charge in [-0.1, -0.05) is 6.07 Å². The van der Waals surface area contributed by atoms with Crippen LogP contribution in [0, 0.1) is 0 Å². The highest BCUT2D eigenvalue weighted by atomic mass is 16.5. The molecule has 22 heavy (non-hydrogen) atoms. The lowest BCUT2D eigenvalue weighted by molar-refractivity contribution is -0.0446. The molecule has 6 nitrogen and oxygen atoms in total. The molecule has 2 rings (SSSR count). The summed E-state index contributed by atoms with van der Waals surface area (Å²) in [6.45, 7) is 0.483. The fourth-order valence-corrected chi connectivity index (χ4v) is 2.35. The first kappa shape index (κ1) is 15.9. The zero-order valence-corrected chi connectivity index (χ0v) is 12.3. The molecular weight excluding hydrogens is 280 g/mol. The molecule has 6 heteroatoms. The van der Waals surface area contributed by atoms with E-state index in [9.17, 15) is 0 Å². The Labute approximate surface area is 129 Å². The van der Waals surface area contributed by atoms with E-state index >= 15 is 0 Å². The molecule has 0 unspecified atom stereocenters. The topological polar surface area (TPSA) is 131 Å². The summed E-state index contributed by atoms with van der Waals surface area (Å²) in [7, 11) is 0. The SMILES string of the molecule is Nc1cccc(NCc2c(N)ccc(N)c2CCC(O)O)c1. The van der Waals surface area contributed by atoms with Crippen molar-refractivity contribution in [3.8, 4) is 0 Å². The molecule has 0 atom stereocenters. The fourth-order valence-electron chi connectivity index (χ4n) is 2.35. The van der Waals surface area contributed by atoms with Crippen LogP contribution in [0.5, 0.6) is 0 Å². The van der Waals surface area contributed by atoms with E-state index in [-0.39, 0.29) is 6.42 Å². The van der Waals surface area contributed by atoms with Gasteiger partial charge in [-0.2, -0.15) is 0 Å². The molecule has 2 aromatic rings. The van der Waals surface area contributed by atoms with Gasteiger partial charge in [-0.05, 0) is 47.9 Å². The lowest BCUT2D eigenvalue weighted by atomic mass is 9.98. The van der Waals surface area contributed by atoms with Crippen LogP contribution in [0.25, 0.3) is 0 Å². The van der Waals surface area contributed by atoms with E-state index in [1.165, 1.54) is 0 Å². The van der Waals surface area contributed by atoms with Gasteiger partial charge in [0.15, 0.2) is 6.29 Å². The van der Waals surface area contributed by atoms with E-state index in [1.807, 2.05) is 24.3 Å². The Balaban J connectivity index is 2.19. The second-order valence-electron chi connectivity index (χ2n) is 5.20. The van der Waals surface area contributed by atoms with Crippen LogP contribution >= 0.6 is 0 Å². The number of rotatable bonds is 6. The molecule has 9 N–H and O–H groups in total. The molecule has 2 aromatic carbocycles. The molecule has 0 amide bonds. The van der Waals surface area contributed by atoms with E-state index < -0.39 is 6.29 Å². The normalized spacial score (nSPS) is 10.9. The van der Waals surface area contributed by atoms with Gasteiger partial charge in [0.05, 0.1) is 0 Å². The average molecular weight is 302 g/mol. The van der Waals surface area contributed by atoms with Crippen molar-refractivity contribution >= 4 is 22.7 Å². The summed E-state index contributed by atoms with van der Waals surface area (Å²) in [5.74, 6) is 0. The van der Waals surface area contributed by atoms with Gasteiger partial charge in [0.2, 0.25) is 0 Å². The third kappa shape index (κ3) is 4.03. The van der Waals surface area contributed by atoms with Crippen molar-refractivity contribution in [2.24, 2.45) is 0 Å². The second-order valence-corrected chi connectivity index (χ2v) is 5.20. The third-order valence-electron chi connectivity index (χ3n) is 3.51. The Morgan fingerprint density at radius 1 is 0.955 bits per heavy atom. The summed E-state index contributed by atoms with van der Waals surface area (Å²) in [6.07, 6.45) is -0.711. The minimum Gasteiger partial charge on any atom is -0.399 e. The standard InChI is InChI=1S/C16H22N4O2/c17-10-2-1-3-11(8-10)20-9-13-12(4-7-16(21)22)14(18)5-6-15(13)19/h1-3,5-6,8,16,20-22H,4,7,9,17-19H2. The lowest BCUT2D eigenvalue weighted by Gasteiger charge is -2.17. The summed E-state index contributed by atoms with van der Waals surface area (Å²) in [5.41, 5.74) is 22.3. The van der Waals surface area contributed by atoms with Crippen molar-refractivity contribution in [2.75, 3.05) is 22.5 Å². The molecule has 0 aliphatic carbocycles. The van der Waals surface area contributed by atoms with E-state index in [1.54, 1.807) is 12.1 Å². The Morgan fingerprint density at radius 2 is 1.64 bits per heavy atom. The van der Waals surface area contributed by atoms with E-state index in [4.69, 9.17) is 27.4 Å². The van der Waals surface area contributed by atoms with E-state index in [0.29, 0.717) is 30.0 Å². The van der Waals surface area contributed by atoms with Crippen molar-refractivity contribution in [2.45, 2.75) is 25.7 Å². The predicted molar refractivity (Wildman–Crippen MR) is 90.0 cm³/mol. The van der Waals surface area contributed by atoms with Crippen molar-refractivity contribution in [3.05, 3.63) is 47.5 Å². The van der Waals surface area contributed by atoms with Crippen LogP contribution in [0.4, 0.5) is 22.7 Å². The smallest absolute Gasteiger partial charge is 0.151 e. The highest BCUT2D eigenvalue weighted by molar-refractivity contribution is 5.63. The van der Waals surface area contributed by atoms with Crippen LogP contribution in [-0.4, -0.2) is 16.5 Å². The van der Waals surface area contributed by atoms with Gasteiger partial charge in [0.1, 0.15) is 0 Å². The molecule has 0 fully saturated rings. The van der Waals surface area contributed by atoms with Crippen LogP contribution in [0.3, 0.4) is 0 Å². The number of nitrogens with one attached hydrogen (secondary N) is 1. The van der Waals surface area contributed by atoms with Gasteiger partial charge in [-0.15, -0.1) is 0 Å². The molecule has 0 saturated carbocycles. The Kier molecular flexibility index (Phi) is 5.08. The zero-order valence-electron chi connectivity index (χ0n) is 12.3. The number of nitrogen functional groups attached to an aromatic ring is 3. The average Bonchev–Trinajstić information content (AvgIpc) is 2.46. The van der Waals surface area contributed by atoms with Crippen LogP contribution in [0.2, 0.25) is 0 Å². The maximum absolute atomic E-state index is 9.06. The molecule has 0 spiro atoms. The summed E-state index contributed by atoms with van der Waals surface area (Å²) in [6, 6.07) is 10.9. The fraction of sp³-hybridized carbons (Fsp3) is 0.250. The molecule has 0 bridgehead atoms. The quantitative estimate of drug-likeness (QED) is 0.352. The number of hydrogen-bond acceptors (Lipinski definition) is 6. The summed E-state index contributed by atoms with van der Waals surface area (Å²) >= 11 is 0. The maximum atomic E-state index is 9.06. The van der Waals surface area contributed by atoms with Crippen LogP contribution in [0.1, 0.15) is 17.5 Å². The van der Waals surface area contributed by atoms with Gasteiger partial charge >= 0.3 is 0 Å². The summed E-state index contributed by atoms with van der Waals surface area (Å²) in [5, 5.41) is 21.4. The minimum absolute atomic E-state index is 0.207. The third-order valence-corrected chi connectivity index (χ3v) is 3.51. The predicted octanol–water partition coefficient (Wildman–Crippen LogP) is 1.29. The molecule has 0 saturated heterocycles. The van der Waals surface area contributed by atoms with Crippen LogP contribution < -0.4 is 22.5 Å². The highest BCUT2D eigenvalue weighted by Gasteiger charge is 2.12. The molecule has 0 aliphatic rings.